The molecule has 0 radical (unpaired) electrons. The molecule has 0 bridgehead atoms. The second-order valence-corrected chi connectivity index (χ2v) is 9.02. The molecule has 2 aromatic rings. The van der Waals surface area contributed by atoms with Gasteiger partial charge >= 0.3 is 0 Å². The van der Waals surface area contributed by atoms with E-state index in [1.54, 1.807) is 12.4 Å². The van der Waals surface area contributed by atoms with Gasteiger partial charge in [-0.1, -0.05) is 19.3 Å². The Labute approximate surface area is 183 Å². The van der Waals surface area contributed by atoms with Gasteiger partial charge in [0, 0.05) is 50.1 Å². The predicted molar refractivity (Wildman–Crippen MR) is 116 cm³/mol. The first-order chi connectivity index (χ1) is 15.3. The van der Waals surface area contributed by atoms with Gasteiger partial charge in [-0.3, -0.25) is 14.7 Å². The van der Waals surface area contributed by atoms with Gasteiger partial charge in [0.25, 0.3) is 0 Å². The van der Waals surface area contributed by atoms with E-state index in [1.807, 2.05) is 12.1 Å². The summed E-state index contributed by atoms with van der Waals surface area (Å²) in [5.41, 5.74) is 0.677. The number of aromatic nitrogens is 4. The van der Waals surface area contributed by atoms with Crippen LogP contribution in [0.15, 0.2) is 24.5 Å². The Morgan fingerprint density at radius 2 is 1.81 bits per heavy atom. The summed E-state index contributed by atoms with van der Waals surface area (Å²) in [4.78, 5) is 20.2. The number of hydrogen-bond acceptors (Lipinski definition) is 6. The van der Waals surface area contributed by atoms with Crippen LogP contribution in [0.3, 0.4) is 0 Å². The highest BCUT2D eigenvalue weighted by Gasteiger charge is 2.45. The van der Waals surface area contributed by atoms with Crippen molar-refractivity contribution in [2.45, 2.75) is 69.5 Å². The second kappa shape index (κ2) is 9.04. The minimum atomic E-state index is -0.355. The van der Waals surface area contributed by atoms with E-state index in [-0.39, 0.29) is 17.5 Å². The van der Waals surface area contributed by atoms with Crippen molar-refractivity contribution in [2.24, 2.45) is 0 Å². The first-order valence-electron chi connectivity index (χ1n) is 11.7. The molecule has 1 atom stereocenters. The van der Waals surface area contributed by atoms with Crippen molar-refractivity contribution in [3.63, 3.8) is 0 Å². The zero-order valence-corrected chi connectivity index (χ0v) is 18.1. The van der Waals surface area contributed by atoms with Crippen molar-refractivity contribution in [3.8, 4) is 11.4 Å². The lowest BCUT2D eigenvalue weighted by molar-refractivity contribution is -0.141. The van der Waals surface area contributed by atoms with Crippen LogP contribution in [-0.4, -0.2) is 68.4 Å². The molecule has 2 fully saturated rings. The quantitative estimate of drug-likeness (QED) is 0.810. The number of morpholine rings is 1. The summed E-state index contributed by atoms with van der Waals surface area (Å²) in [7, 11) is 0. The number of ether oxygens (including phenoxy) is 1. The minimum absolute atomic E-state index is 0.166. The normalized spacial score (nSPS) is 24.2. The van der Waals surface area contributed by atoms with E-state index in [0.29, 0.717) is 0 Å². The number of carbonyl (C=O) groups is 1. The van der Waals surface area contributed by atoms with E-state index in [0.717, 1.165) is 95.0 Å². The molecule has 0 aromatic carbocycles. The summed E-state index contributed by atoms with van der Waals surface area (Å²) >= 11 is 0. The van der Waals surface area contributed by atoms with Crippen LogP contribution in [0.4, 0.5) is 0 Å². The fourth-order valence-corrected chi connectivity index (χ4v) is 5.48. The maximum atomic E-state index is 13.7. The third-order valence-corrected chi connectivity index (χ3v) is 7.24. The summed E-state index contributed by atoms with van der Waals surface area (Å²) in [5, 5.41) is 12.3. The van der Waals surface area contributed by atoms with Crippen LogP contribution in [0.25, 0.3) is 11.4 Å². The highest BCUT2D eigenvalue weighted by molar-refractivity contribution is 5.86. The molecule has 4 heterocycles. The van der Waals surface area contributed by atoms with Gasteiger partial charge in [0.15, 0.2) is 5.82 Å². The lowest BCUT2D eigenvalue weighted by atomic mass is 9.79. The van der Waals surface area contributed by atoms with Crippen molar-refractivity contribution >= 4 is 5.91 Å². The van der Waals surface area contributed by atoms with Gasteiger partial charge < -0.3 is 14.6 Å². The molecule has 2 aromatic heterocycles. The summed E-state index contributed by atoms with van der Waals surface area (Å²) in [6.07, 6.45) is 11.6. The van der Waals surface area contributed by atoms with Gasteiger partial charge in [-0.2, -0.15) is 0 Å². The van der Waals surface area contributed by atoms with E-state index in [1.165, 1.54) is 6.42 Å². The van der Waals surface area contributed by atoms with Crippen LogP contribution in [-0.2, 0) is 22.5 Å². The van der Waals surface area contributed by atoms with Gasteiger partial charge in [0.1, 0.15) is 11.4 Å². The number of rotatable bonds is 4. The summed E-state index contributed by atoms with van der Waals surface area (Å²) in [5.74, 6) is 2.12. The van der Waals surface area contributed by atoms with E-state index < -0.39 is 0 Å². The van der Waals surface area contributed by atoms with Gasteiger partial charge in [0.2, 0.25) is 5.91 Å². The Balaban J connectivity index is 1.29. The molecule has 166 valence electrons. The maximum absolute atomic E-state index is 13.7. The van der Waals surface area contributed by atoms with Crippen LogP contribution in [0.5, 0.6) is 0 Å². The lowest BCUT2D eigenvalue weighted by Gasteiger charge is -2.47. The van der Waals surface area contributed by atoms with Crippen molar-refractivity contribution in [1.82, 2.24) is 30.0 Å². The number of fused-ring (bicyclic) bond motifs is 1. The van der Waals surface area contributed by atoms with Gasteiger partial charge in [-0.05, 0) is 37.8 Å². The minimum Gasteiger partial charge on any atom is -0.379 e. The van der Waals surface area contributed by atoms with Gasteiger partial charge in [-0.15, -0.1) is 10.2 Å². The molecule has 0 spiro atoms. The van der Waals surface area contributed by atoms with Crippen LogP contribution in [0.2, 0.25) is 0 Å². The zero-order chi connectivity index (χ0) is 21.1. The molecule has 1 saturated carbocycles. The van der Waals surface area contributed by atoms with E-state index in [9.17, 15) is 4.79 Å². The Bertz CT molecular complexity index is 887. The molecule has 2 aliphatic heterocycles. The largest absolute Gasteiger partial charge is 0.379 e. The first kappa shape index (κ1) is 20.6. The van der Waals surface area contributed by atoms with Crippen molar-refractivity contribution in [3.05, 3.63) is 30.4 Å². The number of pyridine rings is 1. The van der Waals surface area contributed by atoms with E-state index >= 15 is 0 Å². The summed E-state index contributed by atoms with van der Waals surface area (Å²) in [6.45, 7) is 3.98. The lowest BCUT2D eigenvalue weighted by Crippen LogP contribution is -2.63. The fraction of sp³-hybridized carbons (Fsp3) is 0.652. The summed E-state index contributed by atoms with van der Waals surface area (Å²) < 4.78 is 7.77. The van der Waals surface area contributed by atoms with E-state index in [2.05, 4.69) is 30.0 Å². The van der Waals surface area contributed by atoms with Crippen LogP contribution in [0.1, 0.15) is 50.8 Å². The number of hydrogen-bond donors (Lipinski definition) is 1. The molecule has 31 heavy (non-hydrogen) atoms. The maximum Gasteiger partial charge on any atom is 0.240 e. The third-order valence-electron chi connectivity index (χ3n) is 7.24. The molecular weight excluding hydrogens is 392 g/mol. The van der Waals surface area contributed by atoms with Crippen molar-refractivity contribution < 1.29 is 9.53 Å². The Morgan fingerprint density at radius 3 is 2.58 bits per heavy atom. The van der Waals surface area contributed by atoms with Crippen molar-refractivity contribution in [1.29, 1.82) is 0 Å². The monoisotopic (exact) mass is 424 g/mol. The molecule has 3 aliphatic rings. The molecule has 8 heteroatoms. The molecule has 1 unspecified atom stereocenters. The average Bonchev–Trinajstić information content (AvgIpc) is 3.14. The SMILES string of the molecule is O=C(NC1CCc2nnc(-c3ccncc3)n2CC1)C1(N2CCOCC2)CCCCC1. The highest BCUT2D eigenvalue weighted by Crippen LogP contribution is 2.35. The summed E-state index contributed by atoms with van der Waals surface area (Å²) in [6, 6.07) is 4.10. The fourth-order valence-electron chi connectivity index (χ4n) is 5.48. The highest BCUT2D eigenvalue weighted by atomic mass is 16.5. The Kier molecular flexibility index (Phi) is 6.00. The third kappa shape index (κ3) is 4.11. The molecule has 1 saturated heterocycles. The number of amides is 1. The average molecular weight is 425 g/mol. The molecule has 1 aliphatic carbocycles. The molecule has 5 rings (SSSR count). The molecule has 1 amide bonds. The number of carbonyl (C=O) groups excluding carboxylic acids is 1. The number of aryl methyl sites for hydroxylation is 1. The second-order valence-electron chi connectivity index (χ2n) is 9.02. The standard InChI is InChI=1S/C23H32N6O2/c30-22(23(9-2-1-3-10-23)28-14-16-31-17-15-28)25-19-4-5-20-26-27-21(29(20)13-8-19)18-6-11-24-12-7-18/h6-7,11-12,19H,1-5,8-10,13-17H2,(H,25,30). The molecule has 8 nitrogen and oxygen atoms in total. The van der Waals surface area contributed by atoms with Gasteiger partial charge in [-0.25, -0.2) is 0 Å². The van der Waals surface area contributed by atoms with Crippen LogP contribution < -0.4 is 5.32 Å². The molecular formula is C23H32N6O2. The zero-order valence-electron chi connectivity index (χ0n) is 18.1. The molecule has 1 N–H and O–H groups in total. The smallest absolute Gasteiger partial charge is 0.240 e. The number of nitrogens with zero attached hydrogens (tertiary/aromatic N) is 5. The first-order valence-corrected chi connectivity index (χ1v) is 11.7. The van der Waals surface area contributed by atoms with Crippen LogP contribution in [0, 0.1) is 0 Å². The topological polar surface area (TPSA) is 85.2 Å². The Morgan fingerprint density at radius 1 is 1.03 bits per heavy atom. The predicted octanol–water partition coefficient (Wildman–Crippen LogP) is 2.20. The van der Waals surface area contributed by atoms with Gasteiger partial charge in [0.05, 0.1) is 13.2 Å². The Hall–Kier alpha value is -2.32. The van der Waals surface area contributed by atoms with E-state index in [4.69, 9.17) is 4.74 Å². The van der Waals surface area contributed by atoms with Crippen LogP contribution >= 0.6 is 0 Å². The van der Waals surface area contributed by atoms with Crippen molar-refractivity contribution in [2.75, 3.05) is 26.3 Å². The number of nitrogens with one attached hydrogen (secondary N) is 1.